The van der Waals surface area contributed by atoms with E-state index in [0.717, 1.165) is 0 Å². The maximum absolute atomic E-state index is 10.7. The molecule has 0 fully saturated rings. The normalized spacial score (nSPS) is 11.5. The average Bonchev–Trinajstić information content (AvgIpc) is 2.15. The van der Waals surface area contributed by atoms with Gasteiger partial charge in [0.1, 0.15) is 0 Å². The number of nitrogens with one attached hydrogen (secondary N) is 1. The molecule has 1 unspecified atom stereocenters. The van der Waals surface area contributed by atoms with E-state index in [-0.39, 0.29) is 5.96 Å². The van der Waals surface area contributed by atoms with E-state index in [1.54, 1.807) is 0 Å². The number of hydrogen-bond acceptors (Lipinski definition) is 4. The molecule has 0 aromatic carbocycles. The number of aliphatic imine (C=N–C) groups is 1. The second kappa shape index (κ2) is 8.46. The molecular weight excluding hydrogens is 237 g/mol. The van der Waals surface area contributed by atoms with Crippen LogP contribution >= 0.6 is 7.15 Å². The van der Waals surface area contributed by atoms with Crippen LogP contribution in [0.2, 0.25) is 0 Å². The predicted molar refractivity (Wildman–Crippen MR) is 61.2 cm³/mol. The number of nitrogens with two attached hydrogens (primary N) is 2. The van der Waals surface area contributed by atoms with Gasteiger partial charge in [-0.1, -0.05) is 0 Å². The Balaban J connectivity index is 3.91. The zero-order valence-corrected chi connectivity index (χ0v) is 9.67. The number of carboxylic acid groups (broad SMARTS) is 1. The van der Waals surface area contributed by atoms with E-state index in [1.165, 1.54) is 0 Å². The van der Waals surface area contributed by atoms with Crippen molar-refractivity contribution in [1.29, 1.82) is 0 Å². The molecule has 0 aliphatic carbocycles. The molecule has 84 valence electrons. The summed E-state index contributed by atoms with van der Waals surface area (Å²) in [5, 5.41) is 8.76. The summed E-state index contributed by atoms with van der Waals surface area (Å²) in [5.74, 6) is -0.967. The SMILES string of the molecule is NC(N)=NCCCC(NN=[P+]=S)C(=O)O. The molecule has 0 heterocycles. The van der Waals surface area contributed by atoms with E-state index < -0.39 is 12.0 Å². The van der Waals surface area contributed by atoms with Crippen molar-refractivity contribution < 1.29 is 9.90 Å². The molecule has 0 bridgehead atoms. The van der Waals surface area contributed by atoms with Gasteiger partial charge >= 0.3 is 93.0 Å². The van der Waals surface area contributed by atoms with Gasteiger partial charge in [0, 0.05) is 0 Å². The van der Waals surface area contributed by atoms with Gasteiger partial charge in [-0.15, -0.1) is 0 Å². The van der Waals surface area contributed by atoms with Crippen LogP contribution < -0.4 is 16.9 Å². The Morgan fingerprint density at radius 1 is 1.60 bits per heavy atom. The van der Waals surface area contributed by atoms with E-state index in [4.69, 9.17) is 16.6 Å². The summed E-state index contributed by atoms with van der Waals surface area (Å²) in [5.41, 5.74) is 12.7. The second-order valence-electron chi connectivity index (χ2n) is 2.65. The van der Waals surface area contributed by atoms with Gasteiger partial charge < -0.3 is 0 Å². The summed E-state index contributed by atoms with van der Waals surface area (Å²) in [6.07, 6.45) is 0.951. The second-order valence-corrected chi connectivity index (χ2v) is 3.50. The van der Waals surface area contributed by atoms with E-state index in [2.05, 4.69) is 27.1 Å². The molecule has 15 heavy (non-hydrogen) atoms. The Hall–Kier alpha value is -0.850. The van der Waals surface area contributed by atoms with Crippen LogP contribution in [-0.2, 0) is 16.6 Å². The van der Waals surface area contributed by atoms with Crippen LogP contribution in [0, 0.1) is 0 Å². The molecule has 0 spiro atoms. The first-order chi connectivity index (χ1) is 7.07. The minimum absolute atomic E-state index is 0.00333. The Morgan fingerprint density at radius 3 is 2.73 bits per heavy atom. The Bertz CT molecular complexity index is 287. The van der Waals surface area contributed by atoms with Crippen molar-refractivity contribution in [2.24, 2.45) is 21.3 Å². The summed E-state index contributed by atoms with van der Waals surface area (Å²) < 4.78 is 0. The van der Waals surface area contributed by atoms with Crippen molar-refractivity contribution >= 4 is 30.9 Å². The average molecular weight is 250 g/mol. The molecule has 0 aromatic rings. The monoisotopic (exact) mass is 250 g/mol. The standard InChI is InChI=1S/C6H12N5O2PS/c7-6(8)9-3-1-2-4(5(12)13)10-11-14-15/h4,10H,1-3H2,(H4-,7,8,9,12,13)/p+1. The maximum atomic E-state index is 10.7. The molecule has 0 aliphatic rings. The van der Waals surface area contributed by atoms with Crippen LogP contribution in [0.1, 0.15) is 12.8 Å². The van der Waals surface area contributed by atoms with Crippen molar-refractivity contribution in [2.45, 2.75) is 18.9 Å². The van der Waals surface area contributed by atoms with E-state index >= 15 is 0 Å². The first kappa shape index (κ1) is 14.2. The molecule has 9 heteroatoms. The number of aliphatic carboxylic acids is 1. The molecule has 0 rings (SSSR count). The summed E-state index contributed by atoms with van der Waals surface area (Å²) in [6.45, 7) is 0.402. The fourth-order valence-electron chi connectivity index (χ4n) is 0.840. The number of nitrogens with zero attached hydrogens (tertiary/aromatic N) is 2. The fraction of sp³-hybridized carbons (Fsp3) is 0.667. The summed E-state index contributed by atoms with van der Waals surface area (Å²) in [6, 6.07) is -0.741. The van der Waals surface area contributed by atoms with Crippen LogP contribution in [0.4, 0.5) is 0 Å². The Morgan fingerprint density at radius 2 is 2.27 bits per heavy atom. The Labute approximate surface area is 93.5 Å². The van der Waals surface area contributed by atoms with Crippen LogP contribution in [0.15, 0.2) is 9.85 Å². The van der Waals surface area contributed by atoms with Gasteiger partial charge in [-0.05, 0) is 0 Å². The molecule has 0 aromatic heterocycles. The summed E-state index contributed by atoms with van der Waals surface area (Å²) in [7, 11) is 0.334. The van der Waals surface area contributed by atoms with Crippen molar-refractivity contribution in [2.75, 3.05) is 6.54 Å². The third kappa shape index (κ3) is 8.17. The predicted octanol–water partition coefficient (Wildman–Crippen LogP) is -0.411. The fourth-order valence-corrected chi connectivity index (χ4v) is 1.17. The minimum atomic E-state index is -0.970. The summed E-state index contributed by atoms with van der Waals surface area (Å²) >= 11 is 4.52. The number of hydrogen-bond donors (Lipinski definition) is 4. The van der Waals surface area contributed by atoms with Crippen molar-refractivity contribution in [3.8, 4) is 0 Å². The van der Waals surface area contributed by atoms with E-state index in [1.807, 2.05) is 0 Å². The number of guanidine groups is 1. The molecule has 6 N–H and O–H groups in total. The van der Waals surface area contributed by atoms with Gasteiger partial charge in [0.15, 0.2) is 0 Å². The zero-order valence-electron chi connectivity index (χ0n) is 7.96. The number of rotatable bonds is 7. The van der Waals surface area contributed by atoms with Crippen LogP contribution in [-0.4, -0.2) is 29.6 Å². The van der Waals surface area contributed by atoms with E-state index in [0.29, 0.717) is 26.5 Å². The van der Waals surface area contributed by atoms with Crippen molar-refractivity contribution in [1.82, 2.24) is 5.43 Å². The first-order valence-corrected chi connectivity index (χ1v) is 6.00. The molecule has 7 nitrogen and oxygen atoms in total. The third-order valence-electron chi connectivity index (χ3n) is 1.50. The van der Waals surface area contributed by atoms with Gasteiger partial charge in [0.2, 0.25) is 0 Å². The van der Waals surface area contributed by atoms with Gasteiger partial charge in [-0.25, -0.2) is 0 Å². The molecule has 1 atom stereocenters. The topological polar surface area (TPSA) is 126 Å². The molecule has 0 aliphatic heterocycles. The van der Waals surface area contributed by atoms with Crippen molar-refractivity contribution in [3.05, 3.63) is 0 Å². The molecular formula is C6H13N5O2PS+. The van der Waals surface area contributed by atoms with Crippen molar-refractivity contribution in [3.63, 3.8) is 0 Å². The molecule has 0 saturated heterocycles. The number of carbonyl (C=O) groups is 1. The molecule has 0 saturated carbocycles. The number of carboxylic acids is 1. The third-order valence-corrected chi connectivity index (χ3v) is 1.94. The van der Waals surface area contributed by atoms with Crippen LogP contribution in [0.25, 0.3) is 0 Å². The zero-order chi connectivity index (χ0) is 11.7. The van der Waals surface area contributed by atoms with E-state index in [9.17, 15) is 4.79 Å². The van der Waals surface area contributed by atoms with Gasteiger partial charge in [0.25, 0.3) is 0 Å². The first-order valence-electron chi connectivity index (χ1n) is 4.14. The van der Waals surface area contributed by atoms with Crippen LogP contribution in [0.3, 0.4) is 0 Å². The quantitative estimate of drug-likeness (QED) is 0.160. The Kier molecular flexibility index (Phi) is 7.98. The molecule has 0 radical (unpaired) electrons. The summed E-state index contributed by atoms with van der Waals surface area (Å²) in [4.78, 5) is 18.0. The van der Waals surface area contributed by atoms with Gasteiger partial charge in [-0.3, -0.25) is 0 Å². The van der Waals surface area contributed by atoms with Crippen LogP contribution in [0.5, 0.6) is 0 Å². The molecule has 0 amide bonds. The van der Waals surface area contributed by atoms with Gasteiger partial charge in [-0.2, -0.15) is 0 Å². The van der Waals surface area contributed by atoms with Gasteiger partial charge in [0.05, 0.1) is 0 Å².